The SMILES string of the molecule is Cc1ccc(OCc2cc(C(=O)O)cc(-c3cccc(C(=N)N)c3)c2)c(N)c1. The van der Waals surface area contributed by atoms with Crippen molar-refractivity contribution in [2.45, 2.75) is 13.5 Å². The van der Waals surface area contributed by atoms with Gasteiger partial charge in [0.25, 0.3) is 0 Å². The maximum Gasteiger partial charge on any atom is 0.335 e. The number of hydrogen-bond acceptors (Lipinski definition) is 4. The van der Waals surface area contributed by atoms with Crippen molar-refractivity contribution in [3.63, 3.8) is 0 Å². The number of rotatable bonds is 6. The molecule has 28 heavy (non-hydrogen) atoms. The number of benzene rings is 3. The Hall–Kier alpha value is -3.80. The molecule has 0 heterocycles. The molecule has 0 saturated carbocycles. The molecular weight excluding hydrogens is 354 g/mol. The molecule has 0 aliphatic rings. The lowest BCUT2D eigenvalue weighted by molar-refractivity contribution is 0.0696. The van der Waals surface area contributed by atoms with E-state index in [0.29, 0.717) is 28.1 Å². The van der Waals surface area contributed by atoms with Crippen molar-refractivity contribution in [3.05, 3.63) is 82.9 Å². The Morgan fingerprint density at radius 2 is 1.79 bits per heavy atom. The van der Waals surface area contributed by atoms with Crippen LogP contribution in [0.3, 0.4) is 0 Å². The van der Waals surface area contributed by atoms with Gasteiger partial charge >= 0.3 is 5.97 Å². The maximum atomic E-state index is 11.6. The molecule has 0 amide bonds. The average Bonchev–Trinajstić information content (AvgIpc) is 2.67. The molecule has 3 aromatic rings. The largest absolute Gasteiger partial charge is 0.487 e. The van der Waals surface area contributed by atoms with E-state index in [1.54, 1.807) is 36.4 Å². The molecular formula is C22H21N3O3. The van der Waals surface area contributed by atoms with E-state index in [1.807, 2.05) is 31.2 Å². The van der Waals surface area contributed by atoms with Gasteiger partial charge in [0.05, 0.1) is 11.3 Å². The highest BCUT2D eigenvalue weighted by Crippen LogP contribution is 2.26. The number of aryl methyl sites for hydroxylation is 1. The topological polar surface area (TPSA) is 122 Å². The number of ether oxygens (including phenoxy) is 1. The van der Waals surface area contributed by atoms with E-state index in [9.17, 15) is 9.90 Å². The zero-order valence-corrected chi connectivity index (χ0v) is 15.4. The summed E-state index contributed by atoms with van der Waals surface area (Å²) in [4.78, 5) is 11.6. The molecule has 0 aliphatic carbocycles. The van der Waals surface area contributed by atoms with Crippen LogP contribution in [0.15, 0.2) is 60.7 Å². The van der Waals surface area contributed by atoms with Gasteiger partial charge in [0.1, 0.15) is 18.2 Å². The maximum absolute atomic E-state index is 11.6. The minimum atomic E-state index is -1.03. The lowest BCUT2D eigenvalue weighted by Gasteiger charge is -2.12. The minimum absolute atomic E-state index is 0.0466. The number of nitrogens with two attached hydrogens (primary N) is 2. The van der Waals surface area contributed by atoms with Crippen LogP contribution in [0.25, 0.3) is 11.1 Å². The first-order chi connectivity index (χ1) is 13.3. The molecule has 6 N–H and O–H groups in total. The summed E-state index contributed by atoms with van der Waals surface area (Å²) in [5.41, 5.74) is 16.0. The molecule has 6 nitrogen and oxygen atoms in total. The van der Waals surface area contributed by atoms with Crippen LogP contribution >= 0.6 is 0 Å². The summed E-state index contributed by atoms with van der Waals surface area (Å²) >= 11 is 0. The van der Waals surface area contributed by atoms with Crippen molar-refractivity contribution in [2.75, 3.05) is 5.73 Å². The Balaban J connectivity index is 1.94. The normalized spacial score (nSPS) is 10.5. The summed E-state index contributed by atoms with van der Waals surface area (Å²) < 4.78 is 5.79. The fraction of sp³-hybridized carbons (Fsp3) is 0.0909. The zero-order valence-electron chi connectivity index (χ0n) is 15.4. The van der Waals surface area contributed by atoms with Crippen LogP contribution in [0.1, 0.15) is 27.0 Å². The molecule has 0 aromatic heterocycles. The predicted octanol–water partition coefficient (Wildman–Crippen LogP) is 3.81. The molecule has 142 valence electrons. The number of anilines is 1. The third-order valence-electron chi connectivity index (χ3n) is 4.31. The molecule has 3 aromatic carbocycles. The van der Waals surface area contributed by atoms with Gasteiger partial charge in [-0.3, -0.25) is 5.41 Å². The summed E-state index contributed by atoms with van der Waals surface area (Å²) in [6.07, 6.45) is 0. The van der Waals surface area contributed by atoms with Crippen molar-refractivity contribution in [1.29, 1.82) is 5.41 Å². The first-order valence-corrected chi connectivity index (χ1v) is 8.64. The van der Waals surface area contributed by atoms with E-state index in [2.05, 4.69) is 0 Å². The van der Waals surface area contributed by atoms with Gasteiger partial charge in [-0.1, -0.05) is 24.3 Å². The number of amidine groups is 1. The summed E-state index contributed by atoms with van der Waals surface area (Å²) in [6, 6.07) is 17.6. The fourth-order valence-corrected chi connectivity index (χ4v) is 2.89. The number of hydrogen-bond donors (Lipinski definition) is 4. The van der Waals surface area contributed by atoms with Gasteiger partial charge in [0, 0.05) is 5.56 Å². The van der Waals surface area contributed by atoms with Gasteiger partial charge < -0.3 is 21.3 Å². The van der Waals surface area contributed by atoms with Crippen molar-refractivity contribution in [2.24, 2.45) is 5.73 Å². The Labute approximate surface area is 162 Å². The lowest BCUT2D eigenvalue weighted by atomic mass is 9.98. The van der Waals surface area contributed by atoms with E-state index in [1.165, 1.54) is 0 Å². The molecule has 0 aliphatic heterocycles. The Bertz CT molecular complexity index is 1060. The Morgan fingerprint density at radius 1 is 1.04 bits per heavy atom. The smallest absolute Gasteiger partial charge is 0.335 e. The summed E-state index contributed by atoms with van der Waals surface area (Å²) in [6.45, 7) is 2.12. The van der Waals surface area contributed by atoms with Crippen molar-refractivity contribution >= 4 is 17.5 Å². The van der Waals surface area contributed by atoms with E-state index in [4.69, 9.17) is 21.6 Å². The number of carboxylic acid groups (broad SMARTS) is 1. The predicted molar refractivity (Wildman–Crippen MR) is 110 cm³/mol. The number of nitrogen functional groups attached to an aromatic ring is 2. The van der Waals surface area contributed by atoms with Gasteiger partial charge in [0.2, 0.25) is 0 Å². The lowest BCUT2D eigenvalue weighted by Crippen LogP contribution is -2.10. The monoisotopic (exact) mass is 375 g/mol. The second-order valence-electron chi connectivity index (χ2n) is 6.55. The number of carbonyl (C=O) groups is 1. The van der Waals surface area contributed by atoms with Crippen molar-refractivity contribution in [1.82, 2.24) is 0 Å². The molecule has 0 unspecified atom stereocenters. The summed E-state index contributed by atoms with van der Waals surface area (Å²) in [5, 5.41) is 17.1. The zero-order chi connectivity index (χ0) is 20.3. The van der Waals surface area contributed by atoms with Gasteiger partial charge in [-0.05, 0) is 65.6 Å². The standard InChI is InChI=1S/C22H21N3O3/c1-13-5-6-20(19(23)7-13)28-12-14-8-17(11-18(9-14)22(26)27)15-3-2-4-16(10-15)21(24)25/h2-11H,12,23H2,1H3,(H3,24,25)(H,26,27). The van der Waals surface area contributed by atoms with Gasteiger partial charge in [-0.15, -0.1) is 0 Å². The quantitative estimate of drug-likeness (QED) is 0.296. The molecule has 6 heteroatoms. The molecule has 0 fully saturated rings. The van der Waals surface area contributed by atoms with E-state index in [0.717, 1.165) is 11.1 Å². The third-order valence-corrected chi connectivity index (χ3v) is 4.31. The number of carboxylic acids is 1. The minimum Gasteiger partial charge on any atom is -0.487 e. The van der Waals surface area contributed by atoms with Crippen LogP contribution in [-0.4, -0.2) is 16.9 Å². The second kappa shape index (κ2) is 7.84. The highest BCUT2D eigenvalue weighted by molar-refractivity contribution is 5.96. The van der Waals surface area contributed by atoms with E-state index < -0.39 is 5.97 Å². The summed E-state index contributed by atoms with van der Waals surface area (Å²) in [7, 11) is 0. The van der Waals surface area contributed by atoms with Crippen LogP contribution in [-0.2, 0) is 6.61 Å². The Kier molecular flexibility index (Phi) is 5.31. The van der Waals surface area contributed by atoms with E-state index in [-0.39, 0.29) is 18.0 Å². The van der Waals surface area contributed by atoms with Crippen LogP contribution in [0.2, 0.25) is 0 Å². The van der Waals surface area contributed by atoms with E-state index >= 15 is 0 Å². The molecule has 0 saturated heterocycles. The average molecular weight is 375 g/mol. The van der Waals surface area contributed by atoms with Crippen LogP contribution in [0, 0.1) is 12.3 Å². The van der Waals surface area contributed by atoms with Crippen LogP contribution < -0.4 is 16.2 Å². The highest BCUT2D eigenvalue weighted by Gasteiger charge is 2.11. The van der Waals surface area contributed by atoms with Crippen LogP contribution in [0.4, 0.5) is 5.69 Å². The highest BCUT2D eigenvalue weighted by atomic mass is 16.5. The number of aromatic carboxylic acids is 1. The first kappa shape index (κ1) is 19.0. The van der Waals surface area contributed by atoms with Gasteiger partial charge in [-0.2, -0.15) is 0 Å². The number of nitrogens with one attached hydrogen (secondary N) is 1. The summed E-state index contributed by atoms with van der Waals surface area (Å²) in [5.74, 6) is -0.526. The van der Waals surface area contributed by atoms with Gasteiger partial charge in [0.15, 0.2) is 0 Å². The molecule has 0 atom stereocenters. The second-order valence-corrected chi connectivity index (χ2v) is 6.55. The van der Waals surface area contributed by atoms with Gasteiger partial charge in [-0.25, -0.2) is 4.79 Å². The third kappa shape index (κ3) is 4.29. The molecule has 0 radical (unpaired) electrons. The van der Waals surface area contributed by atoms with Crippen molar-refractivity contribution in [3.8, 4) is 16.9 Å². The van der Waals surface area contributed by atoms with Crippen molar-refractivity contribution < 1.29 is 14.6 Å². The first-order valence-electron chi connectivity index (χ1n) is 8.64. The van der Waals surface area contributed by atoms with Crippen LogP contribution in [0.5, 0.6) is 5.75 Å². The molecule has 0 bridgehead atoms. The molecule has 0 spiro atoms. The Morgan fingerprint density at radius 3 is 2.46 bits per heavy atom. The molecule has 3 rings (SSSR count). The fourth-order valence-electron chi connectivity index (χ4n) is 2.89.